The van der Waals surface area contributed by atoms with Gasteiger partial charge < -0.3 is 10.1 Å². The van der Waals surface area contributed by atoms with E-state index in [1.54, 1.807) is 0 Å². The molecular formula is C14H26N2O3. The first-order chi connectivity index (χ1) is 8.82. The van der Waals surface area contributed by atoms with Gasteiger partial charge in [-0.15, -0.1) is 0 Å². The number of amides is 2. The van der Waals surface area contributed by atoms with Crippen molar-refractivity contribution in [3.05, 3.63) is 0 Å². The summed E-state index contributed by atoms with van der Waals surface area (Å²) in [5.41, 5.74) is -0.331. The summed E-state index contributed by atoms with van der Waals surface area (Å²) < 4.78 is 5.57. The van der Waals surface area contributed by atoms with E-state index >= 15 is 0 Å². The van der Waals surface area contributed by atoms with Gasteiger partial charge in [-0.2, -0.15) is 0 Å². The number of imide groups is 1. The molecule has 2 amide bonds. The van der Waals surface area contributed by atoms with Crippen LogP contribution < -0.4 is 5.32 Å². The molecule has 0 spiro atoms. The molecule has 1 rings (SSSR count). The van der Waals surface area contributed by atoms with Crippen LogP contribution in [0.5, 0.6) is 0 Å². The lowest BCUT2D eigenvalue weighted by atomic mass is 10.1. The summed E-state index contributed by atoms with van der Waals surface area (Å²) in [5, 5.41) is 3.16. The molecule has 0 radical (unpaired) electrons. The maximum Gasteiger partial charge on any atom is 0.247 e. The van der Waals surface area contributed by atoms with E-state index < -0.39 is 6.04 Å². The molecule has 0 saturated carbocycles. The van der Waals surface area contributed by atoms with Crippen molar-refractivity contribution in [3.63, 3.8) is 0 Å². The third kappa shape index (κ3) is 4.01. The Hall–Kier alpha value is -0.940. The van der Waals surface area contributed by atoms with Gasteiger partial charge in [0.2, 0.25) is 11.8 Å². The van der Waals surface area contributed by atoms with Crippen molar-refractivity contribution in [2.45, 2.75) is 65.1 Å². The second-order valence-corrected chi connectivity index (χ2v) is 5.69. The monoisotopic (exact) mass is 270 g/mol. The summed E-state index contributed by atoms with van der Waals surface area (Å²) in [7, 11) is 0. The Morgan fingerprint density at radius 2 is 2.05 bits per heavy atom. The van der Waals surface area contributed by atoms with Crippen molar-refractivity contribution in [1.29, 1.82) is 0 Å². The molecule has 1 fully saturated rings. The van der Waals surface area contributed by atoms with Crippen molar-refractivity contribution in [2.24, 2.45) is 0 Å². The molecule has 0 aromatic heterocycles. The van der Waals surface area contributed by atoms with Crippen molar-refractivity contribution in [3.8, 4) is 0 Å². The second-order valence-electron chi connectivity index (χ2n) is 5.69. The zero-order valence-corrected chi connectivity index (χ0v) is 12.7. The summed E-state index contributed by atoms with van der Waals surface area (Å²) in [4.78, 5) is 25.5. The highest BCUT2D eigenvalue weighted by Gasteiger charge is 2.40. The van der Waals surface area contributed by atoms with Crippen LogP contribution in [-0.2, 0) is 14.3 Å². The minimum Gasteiger partial charge on any atom is -0.375 e. The predicted molar refractivity (Wildman–Crippen MR) is 73.7 cm³/mol. The number of carbonyl (C=O) groups is 2. The Bertz CT molecular complexity index is 342. The molecule has 1 saturated heterocycles. The van der Waals surface area contributed by atoms with Crippen LogP contribution in [0, 0.1) is 0 Å². The fraction of sp³-hybridized carbons (Fsp3) is 0.857. The van der Waals surface area contributed by atoms with E-state index in [9.17, 15) is 9.59 Å². The molecule has 2 unspecified atom stereocenters. The molecule has 1 aliphatic heterocycles. The number of nitrogens with one attached hydrogen (secondary N) is 1. The number of hydrogen-bond donors (Lipinski definition) is 1. The van der Waals surface area contributed by atoms with Crippen molar-refractivity contribution in [1.82, 2.24) is 10.2 Å². The van der Waals surface area contributed by atoms with Gasteiger partial charge in [0.05, 0.1) is 18.1 Å². The summed E-state index contributed by atoms with van der Waals surface area (Å²) in [6.45, 7) is 10.9. The highest BCUT2D eigenvalue weighted by Crippen LogP contribution is 2.18. The molecule has 0 bridgehead atoms. The smallest absolute Gasteiger partial charge is 0.247 e. The number of carbonyl (C=O) groups excluding carboxylic acids is 2. The van der Waals surface area contributed by atoms with E-state index in [1.807, 2.05) is 34.6 Å². The van der Waals surface area contributed by atoms with Crippen LogP contribution in [0.4, 0.5) is 0 Å². The largest absolute Gasteiger partial charge is 0.375 e. The Labute approximate surface area is 115 Å². The lowest BCUT2D eigenvalue weighted by Crippen LogP contribution is -2.47. The van der Waals surface area contributed by atoms with Gasteiger partial charge in [-0.3, -0.25) is 14.5 Å². The van der Waals surface area contributed by atoms with Crippen LogP contribution in [0.1, 0.15) is 47.5 Å². The Kier molecular flexibility index (Phi) is 5.50. The Balaban J connectivity index is 2.58. The molecule has 1 N–H and O–H groups in total. The van der Waals surface area contributed by atoms with E-state index in [0.29, 0.717) is 13.2 Å². The van der Waals surface area contributed by atoms with Crippen LogP contribution >= 0.6 is 0 Å². The van der Waals surface area contributed by atoms with Crippen LogP contribution in [-0.4, -0.2) is 47.6 Å². The molecule has 0 aromatic carbocycles. The number of nitrogens with zero attached hydrogens (tertiary/aromatic N) is 1. The number of rotatable bonds is 7. The molecule has 0 aromatic rings. The van der Waals surface area contributed by atoms with Crippen molar-refractivity contribution >= 4 is 11.8 Å². The van der Waals surface area contributed by atoms with Gasteiger partial charge in [0.15, 0.2) is 0 Å². The zero-order chi connectivity index (χ0) is 14.6. The van der Waals surface area contributed by atoms with E-state index in [-0.39, 0.29) is 29.9 Å². The summed E-state index contributed by atoms with van der Waals surface area (Å²) >= 11 is 0. The average molecular weight is 270 g/mol. The maximum atomic E-state index is 12.2. The SMILES string of the molecule is CCOC(C)(C)CNC1CC(=O)N(C(C)CC)C1=O. The summed E-state index contributed by atoms with van der Waals surface area (Å²) in [6.07, 6.45) is 1.04. The maximum absolute atomic E-state index is 12.2. The standard InChI is InChI=1S/C14H26N2O3/c1-6-10(3)16-12(17)8-11(13(16)18)15-9-14(4,5)19-7-2/h10-11,15H,6-9H2,1-5H3. The van der Waals surface area contributed by atoms with Gasteiger partial charge >= 0.3 is 0 Å². The minimum atomic E-state index is -0.402. The van der Waals surface area contributed by atoms with Crippen LogP contribution in [0.3, 0.4) is 0 Å². The average Bonchev–Trinajstić information content (AvgIpc) is 2.61. The number of hydrogen-bond acceptors (Lipinski definition) is 4. The summed E-state index contributed by atoms with van der Waals surface area (Å²) in [6, 6.07) is -0.423. The van der Waals surface area contributed by atoms with Crippen LogP contribution in [0.25, 0.3) is 0 Å². The lowest BCUT2D eigenvalue weighted by molar-refractivity contribution is -0.141. The first-order valence-corrected chi connectivity index (χ1v) is 7.05. The van der Waals surface area contributed by atoms with Crippen molar-refractivity contribution in [2.75, 3.05) is 13.2 Å². The lowest BCUT2D eigenvalue weighted by Gasteiger charge is -2.27. The van der Waals surface area contributed by atoms with Gasteiger partial charge in [-0.25, -0.2) is 0 Å². The van der Waals surface area contributed by atoms with Gasteiger partial charge in [0, 0.05) is 19.2 Å². The third-order valence-electron chi connectivity index (χ3n) is 3.52. The Morgan fingerprint density at radius 1 is 1.42 bits per heavy atom. The highest BCUT2D eigenvalue weighted by atomic mass is 16.5. The zero-order valence-electron chi connectivity index (χ0n) is 12.7. The van der Waals surface area contributed by atoms with E-state index in [2.05, 4.69) is 5.32 Å². The number of likely N-dealkylation sites (tertiary alicyclic amines) is 1. The van der Waals surface area contributed by atoms with E-state index in [0.717, 1.165) is 6.42 Å². The normalized spacial score (nSPS) is 22.2. The van der Waals surface area contributed by atoms with Crippen molar-refractivity contribution < 1.29 is 14.3 Å². The molecule has 1 aliphatic rings. The first-order valence-electron chi connectivity index (χ1n) is 7.05. The molecule has 5 heteroatoms. The molecule has 2 atom stereocenters. The Morgan fingerprint density at radius 3 is 2.58 bits per heavy atom. The fourth-order valence-corrected chi connectivity index (χ4v) is 2.27. The molecular weight excluding hydrogens is 244 g/mol. The molecule has 19 heavy (non-hydrogen) atoms. The summed E-state index contributed by atoms with van der Waals surface area (Å²) in [5.74, 6) is -0.183. The third-order valence-corrected chi connectivity index (χ3v) is 3.52. The molecule has 5 nitrogen and oxygen atoms in total. The van der Waals surface area contributed by atoms with Crippen LogP contribution in [0.15, 0.2) is 0 Å². The molecule has 0 aliphatic carbocycles. The molecule has 110 valence electrons. The van der Waals surface area contributed by atoms with E-state index in [1.165, 1.54) is 4.90 Å². The van der Waals surface area contributed by atoms with Gasteiger partial charge in [0.25, 0.3) is 0 Å². The number of ether oxygens (including phenoxy) is 1. The highest BCUT2D eigenvalue weighted by molar-refractivity contribution is 6.05. The first kappa shape index (κ1) is 16.1. The molecule has 1 heterocycles. The topological polar surface area (TPSA) is 58.6 Å². The predicted octanol–water partition coefficient (Wildman–Crippen LogP) is 1.32. The van der Waals surface area contributed by atoms with Gasteiger partial charge in [0.1, 0.15) is 0 Å². The van der Waals surface area contributed by atoms with Gasteiger partial charge in [-0.1, -0.05) is 6.92 Å². The van der Waals surface area contributed by atoms with Crippen LogP contribution in [0.2, 0.25) is 0 Å². The van der Waals surface area contributed by atoms with Gasteiger partial charge in [-0.05, 0) is 34.1 Å². The minimum absolute atomic E-state index is 0.0216. The fourth-order valence-electron chi connectivity index (χ4n) is 2.27. The second kappa shape index (κ2) is 6.48. The van der Waals surface area contributed by atoms with E-state index in [4.69, 9.17) is 4.74 Å². The quantitative estimate of drug-likeness (QED) is 0.709.